The van der Waals surface area contributed by atoms with Gasteiger partial charge < -0.3 is 0 Å². The molecule has 0 atom stereocenters. The lowest BCUT2D eigenvalue weighted by Crippen LogP contribution is -2.54. The van der Waals surface area contributed by atoms with Crippen molar-refractivity contribution in [3.63, 3.8) is 0 Å². The molecule has 18 heavy (non-hydrogen) atoms. The Morgan fingerprint density at radius 2 is 1.78 bits per heavy atom. The Morgan fingerprint density at radius 1 is 1.11 bits per heavy atom. The first kappa shape index (κ1) is 13.6. The van der Waals surface area contributed by atoms with Gasteiger partial charge in [-0.1, -0.05) is 19.3 Å². The van der Waals surface area contributed by atoms with Crippen molar-refractivity contribution in [1.29, 1.82) is 0 Å². The predicted octanol–water partition coefficient (Wildman–Crippen LogP) is 3.16. The van der Waals surface area contributed by atoms with Crippen molar-refractivity contribution in [1.82, 2.24) is 4.90 Å². The lowest BCUT2D eigenvalue weighted by molar-refractivity contribution is -0.131. The number of carbonyl (C=O) groups excluding carboxylic acids is 1. The fourth-order valence-electron chi connectivity index (χ4n) is 3.59. The Kier molecular flexibility index (Phi) is 4.83. The van der Waals surface area contributed by atoms with E-state index in [-0.39, 0.29) is 5.54 Å². The molecule has 1 saturated carbocycles. The fourth-order valence-corrected chi connectivity index (χ4v) is 3.59. The molecule has 0 bridgehead atoms. The van der Waals surface area contributed by atoms with E-state index in [0.29, 0.717) is 12.2 Å². The highest BCUT2D eigenvalue weighted by Gasteiger charge is 2.45. The van der Waals surface area contributed by atoms with Crippen molar-refractivity contribution < 1.29 is 4.79 Å². The summed E-state index contributed by atoms with van der Waals surface area (Å²) < 4.78 is 0. The minimum Gasteiger partial charge on any atom is -0.298 e. The van der Waals surface area contributed by atoms with Crippen LogP contribution in [0.5, 0.6) is 0 Å². The molecular weight excluding hydrogens is 222 g/mol. The summed E-state index contributed by atoms with van der Waals surface area (Å²) in [7, 11) is 0. The number of rotatable bonds is 4. The second kappa shape index (κ2) is 6.38. The first-order valence-corrected chi connectivity index (χ1v) is 7.47. The summed E-state index contributed by atoms with van der Waals surface area (Å²) in [5.74, 6) is 6.39. The Balaban J connectivity index is 2.04. The van der Waals surface area contributed by atoms with Crippen molar-refractivity contribution in [2.45, 2.75) is 70.3 Å². The van der Waals surface area contributed by atoms with E-state index in [0.717, 1.165) is 32.4 Å². The van der Waals surface area contributed by atoms with Crippen molar-refractivity contribution in [3.05, 3.63) is 0 Å². The number of carbonyl (C=O) groups is 1. The monoisotopic (exact) mass is 247 g/mol. The second-order valence-electron chi connectivity index (χ2n) is 5.64. The average Bonchev–Trinajstić information content (AvgIpc) is 2.90. The summed E-state index contributed by atoms with van der Waals surface area (Å²) in [5, 5.41) is 0. The second-order valence-corrected chi connectivity index (χ2v) is 5.64. The summed E-state index contributed by atoms with van der Waals surface area (Å²) in [4.78, 5) is 15.1. The van der Waals surface area contributed by atoms with Crippen LogP contribution in [-0.4, -0.2) is 29.3 Å². The van der Waals surface area contributed by atoms with E-state index in [1.165, 1.54) is 32.1 Å². The fraction of sp³-hybridized carbons (Fsp3) is 0.812. The zero-order valence-corrected chi connectivity index (χ0v) is 11.6. The third-order valence-electron chi connectivity index (χ3n) is 4.56. The van der Waals surface area contributed by atoms with Crippen molar-refractivity contribution in [3.8, 4) is 11.8 Å². The van der Waals surface area contributed by atoms with Gasteiger partial charge in [-0.2, -0.15) is 0 Å². The molecule has 0 unspecified atom stereocenters. The number of ketones is 1. The molecule has 0 spiro atoms. The highest BCUT2D eigenvalue weighted by Crippen LogP contribution is 2.38. The first-order valence-electron chi connectivity index (χ1n) is 7.47. The molecule has 2 rings (SSSR count). The van der Waals surface area contributed by atoms with Crippen LogP contribution in [0.1, 0.15) is 64.7 Å². The molecule has 0 aromatic carbocycles. The van der Waals surface area contributed by atoms with Crippen LogP contribution in [0.2, 0.25) is 0 Å². The normalized spacial score (nSPS) is 23.4. The van der Waals surface area contributed by atoms with Gasteiger partial charge in [0, 0.05) is 12.8 Å². The molecule has 1 saturated heterocycles. The molecule has 0 amide bonds. The van der Waals surface area contributed by atoms with E-state index < -0.39 is 0 Å². The summed E-state index contributed by atoms with van der Waals surface area (Å²) in [6, 6.07) is 0. The maximum Gasteiger partial charge on any atom is 0.154 e. The highest BCUT2D eigenvalue weighted by molar-refractivity contribution is 5.89. The molecule has 2 nitrogen and oxygen atoms in total. The van der Waals surface area contributed by atoms with E-state index in [1.54, 1.807) is 0 Å². The molecule has 100 valence electrons. The molecule has 2 heteroatoms. The molecule has 1 aliphatic carbocycles. The summed E-state index contributed by atoms with van der Waals surface area (Å²) >= 11 is 0. The summed E-state index contributed by atoms with van der Waals surface area (Å²) in [6.45, 7) is 4.11. The quantitative estimate of drug-likeness (QED) is 0.711. The largest absolute Gasteiger partial charge is 0.298 e. The molecule has 0 aromatic rings. The lowest BCUT2D eigenvalue weighted by atomic mass is 9.85. The molecule has 1 aliphatic heterocycles. The topological polar surface area (TPSA) is 20.3 Å². The molecule has 1 heterocycles. The molecule has 2 aliphatic rings. The van der Waals surface area contributed by atoms with Gasteiger partial charge in [-0.15, -0.1) is 11.8 Å². The third-order valence-corrected chi connectivity index (χ3v) is 4.56. The van der Waals surface area contributed by atoms with E-state index in [1.807, 2.05) is 6.92 Å². The molecular formula is C16H25NO. The van der Waals surface area contributed by atoms with Crippen molar-refractivity contribution in [2.24, 2.45) is 0 Å². The van der Waals surface area contributed by atoms with Gasteiger partial charge in [0.15, 0.2) is 5.78 Å². The van der Waals surface area contributed by atoms with Crippen LogP contribution >= 0.6 is 0 Å². The summed E-state index contributed by atoms with van der Waals surface area (Å²) in [5.41, 5.74) is -0.101. The Bertz CT molecular complexity index is 338. The van der Waals surface area contributed by atoms with Crippen molar-refractivity contribution in [2.75, 3.05) is 13.1 Å². The van der Waals surface area contributed by atoms with Crippen LogP contribution in [-0.2, 0) is 4.79 Å². The van der Waals surface area contributed by atoms with E-state index in [2.05, 4.69) is 16.7 Å². The van der Waals surface area contributed by atoms with Crippen LogP contribution in [0, 0.1) is 11.8 Å². The lowest BCUT2D eigenvalue weighted by Gasteiger charge is -2.42. The Labute approximate surface area is 111 Å². The maximum absolute atomic E-state index is 12.6. The highest BCUT2D eigenvalue weighted by atomic mass is 16.1. The van der Waals surface area contributed by atoms with Crippen LogP contribution < -0.4 is 0 Å². The zero-order valence-electron chi connectivity index (χ0n) is 11.6. The smallest absolute Gasteiger partial charge is 0.154 e. The SMILES string of the molecule is CC#CCCC(=O)C1(N2CCCCC2)CCCC1. The molecule has 0 radical (unpaired) electrons. The molecule has 2 fully saturated rings. The van der Waals surface area contributed by atoms with Gasteiger partial charge >= 0.3 is 0 Å². The number of piperidine rings is 1. The van der Waals surface area contributed by atoms with Gasteiger partial charge in [-0.25, -0.2) is 0 Å². The van der Waals surface area contributed by atoms with E-state index in [4.69, 9.17) is 0 Å². The van der Waals surface area contributed by atoms with Gasteiger partial charge in [-0.05, 0) is 45.7 Å². The van der Waals surface area contributed by atoms with Crippen LogP contribution in [0.25, 0.3) is 0 Å². The van der Waals surface area contributed by atoms with Gasteiger partial charge in [0.1, 0.15) is 0 Å². The van der Waals surface area contributed by atoms with Crippen LogP contribution in [0.3, 0.4) is 0 Å². The molecule has 0 aromatic heterocycles. The number of hydrogen-bond acceptors (Lipinski definition) is 2. The van der Waals surface area contributed by atoms with E-state index >= 15 is 0 Å². The number of nitrogens with zero attached hydrogens (tertiary/aromatic N) is 1. The number of hydrogen-bond donors (Lipinski definition) is 0. The van der Waals surface area contributed by atoms with Crippen molar-refractivity contribution >= 4 is 5.78 Å². The average molecular weight is 247 g/mol. The predicted molar refractivity (Wildman–Crippen MR) is 74.3 cm³/mol. The standard InChI is InChI=1S/C16H25NO/c1-2-3-5-10-15(18)16(11-6-7-12-16)17-13-8-4-9-14-17/h4-14H2,1H3. The van der Waals surface area contributed by atoms with E-state index in [9.17, 15) is 4.79 Å². The van der Waals surface area contributed by atoms with Crippen LogP contribution in [0.15, 0.2) is 0 Å². The third kappa shape index (κ3) is 2.78. The Morgan fingerprint density at radius 3 is 2.39 bits per heavy atom. The minimum atomic E-state index is -0.101. The maximum atomic E-state index is 12.6. The van der Waals surface area contributed by atoms with Gasteiger partial charge in [0.05, 0.1) is 5.54 Å². The first-order chi connectivity index (χ1) is 8.79. The number of likely N-dealkylation sites (tertiary alicyclic amines) is 1. The van der Waals surface area contributed by atoms with Gasteiger partial charge in [0.2, 0.25) is 0 Å². The van der Waals surface area contributed by atoms with Crippen LogP contribution in [0.4, 0.5) is 0 Å². The summed E-state index contributed by atoms with van der Waals surface area (Å²) in [6.07, 6.45) is 9.89. The van der Waals surface area contributed by atoms with Gasteiger partial charge in [-0.3, -0.25) is 9.69 Å². The minimum absolute atomic E-state index is 0.101. The number of Topliss-reactive ketones (excluding diaryl/α,β-unsaturated/α-hetero) is 1. The molecule has 0 N–H and O–H groups in total. The zero-order chi connectivity index (χ0) is 12.8. The Hall–Kier alpha value is -0.810. The van der Waals surface area contributed by atoms with Gasteiger partial charge in [0.25, 0.3) is 0 Å².